The first-order valence-electron chi connectivity index (χ1n) is 3.92. The standard InChI is InChI=1S/C6H10N4S2/c11-6-7-8-9-10(6)3-5-1-2-12-4-5/h5H,1-4H2,(H,7,9,11). The predicted octanol–water partition coefficient (Wildman–Crippen LogP) is 1.09. The molecule has 0 aliphatic carbocycles. The van der Waals surface area contributed by atoms with E-state index in [0.717, 1.165) is 12.5 Å². The number of aromatic amines is 1. The molecule has 6 heteroatoms. The maximum Gasteiger partial charge on any atom is 0.238 e. The highest BCUT2D eigenvalue weighted by molar-refractivity contribution is 7.99. The summed E-state index contributed by atoms with van der Waals surface area (Å²) < 4.78 is 2.40. The number of rotatable bonds is 2. The van der Waals surface area contributed by atoms with Gasteiger partial charge in [-0.15, -0.1) is 0 Å². The monoisotopic (exact) mass is 202 g/mol. The number of tetrazole rings is 1. The van der Waals surface area contributed by atoms with E-state index < -0.39 is 0 Å². The lowest BCUT2D eigenvalue weighted by atomic mass is 10.1. The van der Waals surface area contributed by atoms with Gasteiger partial charge in [0.1, 0.15) is 0 Å². The molecule has 12 heavy (non-hydrogen) atoms. The van der Waals surface area contributed by atoms with Crippen LogP contribution in [0.25, 0.3) is 0 Å². The van der Waals surface area contributed by atoms with Crippen molar-refractivity contribution in [1.29, 1.82) is 0 Å². The minimum absolute atomic E-state index is 0.562. The van der Waals surface area contributed by atoms with Crippen molar-refractivity contribution in [1.82, 2.24) is 20.2 Å². The topological polar surface area (TPSA) is 46.5 Å². The summed E-state index contributed by atoms with van der Waals surface area (Å²) in [6.45, 7) is 0.943. The summed E-state index contributed by atoms with van der Waals surface area (Å²) >= 11 is 6.98. The number of H-pyrrole nitrogens is 1. The molecule has 1 atom stereocenters. The third-order valence-corrected chi connectivity index (χ3v) is 3.53. The van der Waals surface area contributed by atoms with Gasteiger partial charge in [-0.3, -0.25) is 0 Å². The molecule has 4 nitrogen and oxygen atoms in total. The molecular weight excluding hydrogens is 192 g/mol. The van der Waals surface area contributed by atoms with Crippen LogP contribution in [0.15, 0.2) is 0 Å². The van der Waals surface area contributed by atoms with Gasteiger partial charge in [0, 0.05) is 6.54 Å². The summed E-state index contributed by atoms with van der Waals surface area (Å²) in [5.41, 5.74) is 0. The number of hydrogen-bond acceptors (Lipinski definition) is 4. The maximum absolute atomic E-state index is 4.97. The fraction of sp³-hybridized carbons (Fsp3) is 0.833. The fourth-order valence-electron chi connectivity index (χ4n) is 1.32. The van der Waals surface area contributed by atoms with E-state index in [9.17, 15) is 0 Å². The van der Waals surface area contributed by atoms with Crippen molar-refractivity contribution in [2.45, 2.75) is 13.0 Å². The van der Waals surface area contributed by atoms with Gasteiger partial charge in [-0.25, -0.2) is 4.68 Å². The van der Waals surface area contributed by atoms with Crippen molar-refractivity contribution >= 4 is 24.0 Å². The zero-order chi connectivity index (χ0) is 8.39. The van der Waals surface area contributed by atoms with Gasteiger partial charge in [-0.2, -0.15) is 17.0 Å². The van der Waals surface area contributed by atoms with Crippen molar-refractivity contribution in [3.05, 3.63) is 4.77 Å². The van der Waals surface area contributed by atoms with Crippen LogP contribution in [0.2, 0.25) is 0 Å². The van der Waals surface area contributed by atoms with Crippen LogP contribution >= 0.6 is 24.0 Å². The molecule has 0 aromatic carbocycles. The van der Waals surface area contributed by atoms with Gasteiger partial charge in [-0.05, 0) is 36.1 Å². The second-order valence-corrected chi connectivity index (χ2v) is 4.44. The molecule has 0 radical (unpaired) electrons. The zero-order valence-electron chi connectivity index (χ0n) is 6.56. The van der Waals surface area contributed by atoms with Crippen LogP contribution < -0.4 is 0 Å². The second kappa shape index (κ2) is 3.57. The largest absolute Gasteiger partial charge is 0.242 e. The summed E-state index contributed by atoms with van der Waals surface area (Å²) in [6, 6.07) is 0. The van der Waals surface area contributed by atoms with Gasteiger partial charge in [0.15, 0.2) is 0 Å². The Hall–Kier alpha value is -0.360. The number of nitrogens with one attached hydrogen (secondary N) is 1. The van der Waals surface area contributed by atoms with Crippen LogP contribution in [0, 0.1) is 10.7 Å². The summed E-state index contributed by atoms with van der Waals surface area (Å²) in [6.07, 6.45) is 1.28. The Balaban J connectivity index is 2.03. The van der Waals surface area contributed by atoms with E-state index in [-0.39, 0.29) is 0 Å². The van der Waals surface area contributed by atoms with Crippen molar-refractivity contribution in [2.75, 3.05) is 11.5 Å². The number of aromatic nitrogens is 4. The van der Waals surface area contributed by atoms with Crippen molar-refractivity contribution in [2.24, 2.45) is 5.92 Å². The number of hydrogen-bond donors (Lipinski definition) is 1. The first kappa shape index (κ1) is 8.25. The Morgan fingerprint density at radius 1 is 1.75 bits per heavy atom. The van der Waals surface area contributed by atoms with Gasteiger partial charge in [0.25, 0.3) is 0 Å². The van der Waals surface area contributed by atoms with Gasteiger partial charge in [0.2, 0.25) is 4.77 Å². The minimum atomic E-state index is 0.562. The quantitative estimate of drug-likeness (QED) is 0.729. The normalized spacial score (nSPS) is 23.2. The average Bonchev–Trinajstić information content (AvgIpc) is 2.65. The highest BCUT2D eigenvalue weighted by atomic mass is 32.2. The Bertz CT molecular complexity index is 298. The zero-order valence-corrected chi connectivity index (χ0v) is 8.20. The van der Waals surface area contributed by atoms with Gasteiger partial charge in [0.05, 0.1) is 0 Å². The SMILES string of the molecule is S=c1nn[nH]n1CC1CCSC1. The lowest BCUT2D eigenvalue weighted by Gasteiger charge is -2.06. The third-order valence-electron chi connectivity index (χ3n) is 2.00. The van der Waals surface area contributed by atoms with E-state index in [1.807, 2.05) is 16.4 Å². The van der Waals surface area contributed by atoms with Crippen LogP contribution in [-0.2, 0) is 6.54 Å². The van der Waals surface area contributed by atoms with E-state index in [4.69, 9.17) is 12.2 Å². The predicted molar refractivity (Wildman–Crippen MR) is 50.6 cm³/mol. The molecule has 1 N–H and O–H groups in total. The highest BCUT2D eigenvalue weighted by Crippen LogP contribution is 2.24. The molecule has 2 heterocycles. The summed E-state index contributed by atoms with van der Waals surface area (Å²) in [7, 11) is 0. The number of thioether (sulfide) groups is 1. The molecule has 0 bridgehead atoms. The average molecular weight is 202 g/mol. The van der Waals surface area contributed by atoms with Crippen LogP contribution in [0.4, 0.5) is 0 Å². The molecule has 1 aliphatic rings. The van der Waals surface area contributed by atoms with Gasteiger partial charge < -0.3 is 0 Å². The van der Waals surface area contributed by atoms with E-state index in [0.29, 0.717) is 4.77 Å². The van der Waals surface area contributed by atoms with Crippen molar-refractivity contribution in [3.8, 4) is 0 Å². The Morgan fingerprint density at radius 2 is 2.67 bits per heavy atom. The van der Waals surface area contributed by atoms with Gasteiger partial charge in [-0.1, -0.05) is 10.3 Å². The second-order valence-electron chi connectivity index (χ2n) is 2.92. The molecule has 1 unspecified atom stereocenters. The summed E-state index contributed by atoms with van der Waals surface area (Å²) in [5, 5.41) is 10.1. The first-order valence-corrected chi connectivity index (χ1v) is 5.48. The fourth-order valence-corrected chi connectivity index (χ4v) is 2.75. The molecule has 0 amide bonds. The van der Waals surface area contributed by atoms with Crippen LogP contribution in [-0.4, -0.2) is 31.7 Å². The van der Waals surface area contributed by atoms with Crippen molar-refractivity contribution in [3.63, 3.8) is 0 Å². The first-order chi connectivity index (χ1) is 5.86. The molecule has 1 saturated heterocycles. The van der Waals surface area contributed by atoms with E-state index in [2.05, 4.69) is 15.5 Å². The van der Waals surface area contributed by atoms with E-state index in [1.54, 1.807) is 0 Å². The minimum Gasteiger partial charge on any atom is -0.242 e. The molecule has 1 aromatic rings. The Morgan fingerprint density at radius 3 is 3.25 bits per heavy atom. The molecule has 1 aliphatic heterocycles. The lowest BCUT2D eigenvalue weighted by molar-refractivity contribution is 0.446. The molecule has 1 fully saturated rings. The molecule has 2 rings (SSSR count). The van der Waals surface area contributed by atoms with Gasteiger partial charge >= 0.3 is 0 Å². The van der Waals surface area contributed by atoms with Crippen LogP contribution in [0.5, 0.6) is 0 Å². The van der Waals surface area contributed by atoms with E-state index in [1.165, 1.54) is 17.9 Å². The number of nitrogens with zero attached hydrogens (tertiary/aromatic N) is 3. The summed E-state index contributed by atoms with van der Waals surface area (Å²) in [4.78, 5) is 0. The third kappa shape index (κ3) is 1.69. The highest BCUT2D eigenvalue weighted by Gasteiger charge is 2.16. The smallest absolute Gasteiger partial charge is 0.238 e. The molecule has 0 spiro atoms. The maximum atomic E-state index is 4.97. The van der Waals surface area contributed by atoms with E-state index >= 15 is 0 Å². The molecule has 0 saturated carbocycles. The molecule has 66 valence electrons. The Labute approximate surface area is 79.7 Å². The van der Waals surface area contributed by atoms with Crippen LogP contribution in [0.3, 0.4) is 0 Å². The van der Waals surface area contributed by atoms with Crippen LogP contribution in [0.1, 0.15) is 6.42 Å². The summed E-state index contributed by atoms with van der Waals surface area (Å²) in [5.74, 6) is 3.25. The molecular formula is C6H10N4S2. The molecule has 1 aromatic heterocycles. The van der Waals surface area contributed by atoms with Crippen molar-refractivity contribution < 1.29 is 0 Å². The Kier molecular flexibility index (Phi) is 2.45. The lowest BCUT2D eigenvalue weighted by Crippen LogP contribution is -2.11.